The quantitative estimate of drug-likeness (QED) is 0.395. The minimum atomic E-state index is 0.184. The van der Waals surface area contributed by atoms with Crippen LogP contribution in [0.4, 0.5) is 0 Å². The van der Waals surface area contributed by atoms with Crippen LogP contribution in [0.15, 0.2) is 0 Å². The number of Topliss-reactive ketones (excluding diaryl/α,β-unsaturated/α-hetero) is 2. The van der Waals surface area contributed by atoms with Gasteiger partial charge in [-0.3, -0.25) is 4.79 Å². The van der Waals surface area contributed by atoms with Crippen molar-refractivity contribution in [2.45, 2.75) is 122 Å². The SMILES string of the molecule is CC(=O)CC(C)C1[C@H](C)C(C)CC(C)C1(C)C.CC(C)CC(=O)C1C(C)CCC(C)C1(C)C. The first-order chi connectivity index (χ1) is 14.9. The van der Waals surface area contributed by atoms with E-state index in [1.54, 1.807) is 6.92 Å². The van der Waals surface area contributed by atoms with Crippen LogP contribution in [0.25, 0.3) is 0 Å². The van der Waals surface area contributed by atoms with Crippen LogP contribution in [0.5, 0.6) is 0 Å². The predicted molar refractivity (Wildman–Crippen MR) is 143 cm³/mol. The van der Waals surface area contributed by atoms with E-state index < -0.39 is 0 Å². The van der Waals surface area contributed by atoms with E-state index in [2.05, 4.69) is 83.1 Å². The average Bonchev–Trinajstić information content (AvgIpc) is 2.62. The highest BCUT2D eigenvalue weighted by molar-refractivity contribution is 5.82. The minimum absolute atomic E-state index is 0.184. The molecular formula is C31H58O2. The second-order valence-corrected chi connectivity index (χ2v) is 14.0. The molecule has 2 aliphatic carbocycles. The first-order valence-electron chi connectivity index (χ1n) is 14.0. The van der Waals surface area contributed by atoms with Gasteiger partial charge in [-0.25, -0.2) is 0 Å². The molecule has 0 spiro atoms. The average molecular weight is 463 g/mol. The molecule has 2 saturated carbocycles. The molecule has 0 amide bonds. The first-order valence-corrected chi connectivity index (χ1v) is 14.0. The lowest BCUT2D eigenvalue weighted by Gasteiger charge is -2.52. The minimum Gasteiger partial charge on any atom is -0.300 e. The molecule has 0 aromatic carbocycles. The zero-order valence-corrected chi connectivity index (χ0v) is 24.5. The van der Waals surface area contributed by atoms with Gasteiger partial charge in [0, 0.05) is 18.8 Å². The van der Waals surface area contributed by atoms with Crippen LogP contribution < -0.4 is 0 Å². The van der Waals surface area contributed by atoms with E-state index in [9.17, 15) is 9.59 Å². The molecule has 0 radical (unpaired) electrons. The number of hydrogen-bond donors (Lipinski definition) is 0. The monoisotopic (exact) mass is 462 g/mol. The van der Waals surface area contributed by atoms with Gasteiger partial charge in [-0.15, -0.1) is 0 Å². The Bertz CT molecular complexity index is 643. The van der Waals surface area contributed by atoms with Gasteiger partial charge >= 0.3 is 0 Å². The third-order valence-electron chi connectivity index (χ3n) is 10.2. The van der Waals surface area contributed by atoms with Crippen LogP contribution in [0.1, 0.15) is 122 Å². The summed E-state index contributed by atoms with van der Waals surface area (Å²) in [5, 5.41) is 0. The third kappa shape index (κ3) is 7.41. The lowest BCUT2D eigenvalue weighted by molar-refractivity contribution is -0.133. The van der Waals surface area contributed by atoms with E-state index in [0.29, 0.717) is 46.6 Å². The zero-order chi connectivity index (χ0) is 25.9. The first kappa shape index (κ1) is 30.4. The fraction of sp³-hybridized carbons (Fsp3) is 0.935. The summed E-state index contributed by atoms with van der Waals surface area (Å²) in [5.74, 6) is 6.31. The number of rotatable bonds is 6. The van der Waals surface area contributed by atoms with Gasteiger partial charge in [-0.05, 0) is 84.4 Å². The summed E-state index contributed by atoms with van der Waals surface area (Å²) < 4.78 is 0. The molecule has 0 saturated heterocycles. The summed E-state index contributed by atoms with van der Waals surface area (Å²) >= 11 is 0. The van der Waals surface area contributed by atoms with Crippen molar-refractivity contribution in [2.75, 3.05) is 0 Å². The molecule has 0 aliphatic heterocycles. The molecule has 0 heterocycles. The Kier molecular flexibility index (Phi) is 10.9. The molecule has 33 heavy (non-hydrogen) atoms. The summed E-state index contributed by atoms with van der Waals surface area (Å²) in [6.45, 7) is 29.4. The van der Waals surface area contributed by atoms with Gasteiger partial charge in [0.15, 0.2) is 0 Å². The molecule has 2 rings (SSSR count). The summed E-state index contributed by atoms with van der Waals surface area (Å²) in [5.41, 5.74) is 0.546. The highest BCUT2D eigenvalue weighted by atomic mass is 16.1. The highest BCUT2D eigenvalue weighted by Gasteiger charge is 2.47. The molecule has 2 fully saturated rings. The van der Waals surface area contributed by atoms with E-state index in [4.69, 9.17) is 0 Å². The Morgan fingerprint density at radius 3 is 1.82 bits per heavy atom. The summed E-state index contributed by atoms with van der Waals surface area (Å²) in [6, 6.07) is 0. The second kappa shape index (κ2) is 11.9. The Labute approximate surface area is 207 Å². The van der Waals surface area contributed by atoms with Crippen LogP contribution in [0.2, 0.25) is 0 Å². The predicted octanol–water partition coefficient (Wildman–Crippen LogP) is 8.87. The van der Waals surface area contributed by atoms with Crippen LogP contribution >= 0.6 is 0 Å². The van der Waals surface area contributed by atoms with Crippen LogP contribution in [-0.4, -0.2) is 11.6 Å². The smallest absolute Gasteiger partial charge is 0.137 e. The van der Waals surface area contributed by atoms with Gasteiger partial charge < -0.3 is 4.79 Å². The van der Waals surface area contributed by atoms with Crippen molar-refractivity contribution in [3.05, 3.63) is 0 Å². The molecule has 8 atom stereocenters. The van der Waals surface area contributed by atoms with Crippen molar-refractivity contribution in [2.24, 2.45) is 64.1 Å². The molecule has 7 unspecified atom stereocenters. The van der Waals surface area contributed by atoms with Crippen molar-refractivity contribution in [3.8, 4) is 0 Å². The number of hydrogen-bond acceptors (Lipinski definition) is 2. The van der Waals surface area contributed by atoms with E-state index in [1.807, 2.05) is 0 Å². The molecule has 2 heteroatoms. The van der Waals surface area contributed by atoms with E-state index in [1.165, 1.54) is 19.3 Å². The summed E-state index contributed by atoms with van der Waals surface area (Å²) in [6.07, 6.45) is 5.33. The Morgan fingerprint density at radius 2 is 1.33 bits per heavy atom. The van der Waals surface area contributed by atoms with Crippen LogP contribution in [0, 0.1) is 64.1 Å². The lowest BCUT2D eigenvalue weighted by atomic mass is 9.52. The van der Waals surface area contributed by atoms with Crippen molar-refractivity contribution in [1.82, 2.24) is 0 Å². The summed E-state index contributed by atoms with van der Waals surface area (Å²) in [7, 11) is 0. The molecule has 0 aromatic rings. The largest absolute Gasteiger partial charge is 0.300 e. The van der Waals surface area contributed by atoms with Gasteiger partial charge in [-0.1, -0.05) is 83.1 Å². The van der Waals surface area contributed by atoms with Crippen molar-refractivity contribution in [1.29, 1.82) is 0 Å². The second-order valence-electron chi connectivity index (χ2n) is 14.0. The van der Waals surface area contributed by atoms with Gasteiger partial charge in [0.05, 0.1) is 0 Å². The number of carbonyl (C=O) groups is 2. The Balaban J connectivity index is 0.000000331. The maximum atomic E-state index is 12.4. The maximum Gasteiger partial charge on any atom is 0.137 e. The maximum absolute atomic E-state index is 12.4. The standard InChI is InChI=1S/C16H30O.C15H28O/c1-10-8-12(3)16(6,7)15(14(10)5)11(2)9-13(4)17;1-10(2)9-13(16)14-11(3)7-8-12(4)15(14,5)6/h10-12,14-15H,8-9H2,1-7H3;10-12,14H,7-9H2,1-6H3/t10?,11?,12?,14-,15?;/m1./s1. The molecule has 194 valence electrons. The van der Waals surface area contributed by atoms with E-state index in [0.717, 1.165) is 30.6 Å². The van der Waals surface area contributed by atoms with Gasteiger partial charge in [0.25, 0.3) is 0 Å². The molecule has 2 nitrogen and oxygen atoms in total. The molecule has 0 N–H and O–H groups in total. The fourth-order valence-electron chi connectivity index (χ4n) is 7.62. The third-order valence-corrected chi connectivity index (χ3v) is 10.2. The van der Waals surface area contributed by atoms with E-state index >= 15 is 0 Å². The normalized spacial score (nSPS) is 36.5. The van der Waals surface area contributed by atoms with Crippen molar-refractivity contribution >= 4 is 11.6 Å². The van der Waals surface area contributed by atoms with Gasteiger partial charge in [-0.2, -0.15) is 0 Å². The topological polar surface area (TPSA) is 34.1 Å². The van der Waals surface area contributed by atoms with Crippen LogP contribution in [-0.2, 0) is 9.59 Å². The Hall–Kier alpha value is -0.660. The zero-order valence-electron chi connectivity index (χ0n) is 24.5. The van der Waals surface area contributed by atoms with E-state index in [-0.39, 0.29) is 11.3 Å². The van der Waals surface area contributed by atoms with Crippen LogP contribution in [0.3, 0.4) is 0 Å². The summed E-state index contributed by atoms with van der Waals surface area (Å²) in [4.78, 5) is 23.8. The fourth-order valence-corrected chi connectivity index (χ4v) is 7.62. The lowest BCUT2D eigenvalue weighted by Crippen LogP contribution is -2.46. The highest BCUT2D eigenvalue weighted by Crippen LogP contribution is 2.53. The van der Waals surface area contributed by atoms with Crippen molar-refractivity contribution in [3.63, 3.8) is 0 Å². The number of carbonyl (C=O) groups excluding carboxylic acids is 2. The Morgan fingerprint density at radius 1 is 0.788 bits per heavy atom. The molecule has 0 bridgehead atoms. The van der Waals surface area contributed by atoms with Crippen molar-refractivity contribution < 1.29 is 9.59 Å². The molecule has 0 aromatic heterocycles. The van der Waals surface area contributed by atoms with Gasteiger partial charge in [0.2, 0.25) is 0 Å². The molecular weight excluding hydrogens is 404 g/mol. The number of ketones is 2. The van der Waals surface area contributed by atoms with Gasteiger partial charge in [0.1, 0.15) is 11.6 Å². The molecule has 2 aliphatic rings.